The average molecular weight is 317 g/mol. The number of carbonyl (C=O) groups is 2. The van der Waals surface area contributed by atoms with E-state index in [1.165, 1.54) is 12.1 Å². The van der Waals surface area contributed by atoms with Crippen molar-refractivity contribution in [3.8, 4) is 0 Å². The maximum atomic E-state index is 12.2. The van der Waals surface area contributed by atoms with E-state index in [-0.39, 0.29) is 5.56 Å². The van der Waals surface area contributed by atoms with Gasteiger partial charge in [-0.15, -0.1) is 0 Å². The van der Waals surface area contributed by atoms with Crippen LogP contribution < -0.4 is 4.72 Å². The van der Waals surface area contributed by atoms with Crippen molar-refractivity contribution in [1.82, 2.24) is 4.72 Å². The van der Waals surface area contributed by atoms with Gasteiger partial charge < -0.3 is 5.11 Å². The third-order valence-electron chi connectivity index (χ3n) is 3.16. The molecule has 0 aromatic heterocycles. The van der Waals surface area contributed by atoms with E-state index in [4.69, 9.17) is 5.11 Å². The fourth-order valence-electron chi connectivity index (χ4n) is 1.96. The highest BCUT2D eigenvalue weighted by atomic mass is 32.2. The van der Waals surface area contributed by atoms with Crippen molar-refractivity contribution < 1.29 is 18.9 Å². The third-order valence-corrected chi connectivity index (χ3v) is 4.25. The van der Waals surface area contributed by atoms with Crippen LogP contribution in [0.15, 0.2) is 47.4 Å². The van der Waals surface area contributed by atoms with Gasteiger partial charge in [0.1, 0.15) is 17.3 Å². The molecule has 0 aliphatic rings. The lowest BCUT2D eigenvalue weighted by Crippen LogP contribution is -2.17. The molecule has 1 atom stereocenters. The fourth-order valence-corrected chi connectivity index (χ4v) is 2.86. The largest absolute Gasteiger partial charge is 0.478 e. The van der Waals surface area contributed by atoms with Crippen LogP contribution in [0, 0.1) is 6.92 Å². The number of carboxylic acid groups (broad SMARTS) is 1. The molecule has 2 rings (SSSR count). The Labute approximate surface area is 130 Å². The second kappa shape index (κ2) is 7.11. The van der Waals surface area contributed by atoms with Gasteiger partial charge in [-0.1, -0.05) is 24.3 Å². The van der Waals surface area contributed by atoms with Gasteiger partial charge in [0.05, 0.1) is 10.5 Å². The number of carboxylic acids is 1. The Kier molecular flexibility index (Phi) is 5.19. The summed E-state index contributed by atoms with van der Waals surface area (Å²) in [4.78, 5) is 22.1. The zero-order valence-corrected chi connectivity index (χ0v) is 12.7. The van der Waals surface area contributed by atoms with Gasteiger partial charge in [0, 0.05) is 12.1 Å². The smallest absolute Gasteiger partial charge is 0.335 e. The molecule has 0 amide bonds. The maximum absolute atomic E-state index is 12.2. The van der Waals surface area contributed by atoms with Crippen molar-refractivity contribution in [1.29, 1.82) is 0 Å². The molecule has 2 aromatic carbocycles. The van der Waals surface area contributed by atoms with E-state index in [2.05, 4.69) is 4.72 Å². The Morgan fingerprint density at radius 3 is 2.68 bits per heavy atom. The molecule has 0 saturated heterocycles. The van der Waals surface area contributed by atoms with Crippen LogP contribution in [0.1, 0.15) is 31.8 Å². The van der Waals surface area contributed by atoms with Gasteiger partial charge in [-0.25, -0.2) is 13.7 Å². The van der Waals surface area contributed by atoms with Gasteiger partial charge in [-0.2, -0.15) is 0 Å². The molecule has 2 N–H and O–H groups in total. The number of aldehydes is 1. The normalized spacial score (nSPS) is 11.9. The summed E-state index contributed by atoms with van der Waals surface area (Å²) in [5.74, 6) is -1.06. The molecule has 2 aromatic rings. The van der Waals surface area contributed by atoms with Gasteiger partial charge in [-0.05, 0) is 36.2 Å². The minimum Gasteiger partial charge on any atom is -0.478 e. The van der Waals surface area contributed by atoms with Crippen molar-refractivity contribution >= 4 is 23.2 Å². The van der Waals surface area contributed by atoms with Gasteiger partial charge in [0.25, 0.3) is 0 Å². The maximum Gasteiger partial charge on any atom is 0.335 e. The number of nitrogens with one attached hydrogen (secondary N) is 1. The monoisotopic (exact) mass is 317 g/mol. The first-order valence-electron chi connectivity index (χ1n) is 6.54. The molecule has 0 spiro atoms. The number of rotatable bonds is 6. The number of aryl methyl sites for hydroxylation is 1. The Morgan fingerprint density at radius 1 is 1.27 bits per heavy atom. The van der Waals surface area contributed by atoms with Crippen LogP contribution in [0.4, 0.5) is 0 Å². The van der Waals surface area contributed by atoms with Crippen LogP contribution in [-0.2, 0) is 17.5 Å². The van der Waals surface area contributed by atoms with E-state index in [1.807, 2.05) is 13.0 Å². The summed E-state index contributed by atoms with van der Waals surface area (Å²) in [6, 6.07) is 11.3. The predicted molar refractivity (Wildman–Crippen MR) is 83.2 cm³/mol. The Hall–Kier alpha value is -2.31. The van der Waals surface area contributed by atoms with Crippen LogP contribution >= 0.6 is 0 Å². The van der Waals surface area contributed by atoms with E-state index in [0.717, 1.165) is 17.4 Å². The summed E-state index contributed by atoms with van der Waals surface area (Å²) in [5, 5.41) is 8.93. The summed E-state index contributed by atoms with van der Waals surface area (Å²) in [6.45, 7) is 2.18. The van der Waals surface area contributed by atoms with Gasteiger partial charge in [0.15, 0.2) is 0 Å². The first-order chi connectivity index (χ1) is 10.5. The molecular formula is C16H15NO4S. The van der Waals surface area contributed by atoms with E-state index in [1.54, 1.807) is 24.3 Å². The quantitative estimate of drug-likeness (QED) is 0.801. The molecular weight excluding hydrogens is 302 g/mol. The second-order valence-electron chi connectivity index (χ2n) is 4.73. The topological polar surface area (TPSA) is 83.5 Å². The molecule has 114 valence electrons. The van der Waals surface area contributed by atoms with Crippen molar-refractivity contribution in [3.63, 3.8) is 0 Å². The first kappa shape index (κ1) is 16.1. The highest BCUT2D eigenvalue weighted by Crippen LogP contribution is 2.11. The zero-order chi connectivity index (χ0) is 16.1. The van der Waals surface area contributed by atoms with Crippen LogP contribution in [0.5, 0.6) is 0 Å². The highest BCUT2D eigenvalue weighted by Gasteiger charge is 2.08. The summed E-state index contributed by atoms with van der Waals surface area (Å²) >= 11 is 0. The average Bonchev–Trinajstić information content (AvgIpc) is 2.52. The lowest BCUT2D eigenvalue weighted by atomic mass is 10.1. The summed E-state index contributed by atoms with van der Waals surface area (Å²) < 4.78 is 15.0. The zero-order valence-electron chi connectivity index (χ0n) is 11.9. The minimum atomic E-state index is -1.51. The molecule has 6 heteroatoms. The molecule has 0 fully saturated rings. The SMILES string of the molecule is Cc1cc(CNS(=O)c2cccc(C(=O)O)c2)ccc1C=O. The van der Waals surface area contributed by atoms with Crippen LogP contribution in [-0.4, -0.2) is 21.6 Å². The fraction of sp³-hybridized carbons (Fsp3) is 0.125. The van der Waals surface area contributed by atoms with Crippen molar-refractivity contribution in [2.24, 2.45) is 0 Å². The number of carbonyl (C=O) groups excluding carboxylic acids is 1. The predicted octanol–water partition coefficient (Wildman–Crippen LogP) is 2.32. The molecule has 0 radical (unpaired) electrons. The number of benzene rings is 2. The molecule has 0 bridgehead atoms. The van der Waals surface area contributed by atoms with Gasteiger partial charge in [-0.3, -0.25) is 4.79 Å². The first-order valence-corrected chi connectivity index (χ1v) is 7.69. The molecule has 22 heavy (non-hydrogen) atoms. The third kappa shape index (κ3) is 3.87. The highest BCUT2D eigenvalue weighted by molar-refractivity contribution is 7.83. The standard InChI is InChI=1S/C16H15NO4S/c1-11-7-12(5-6-14(11)10-18)9-17-22(21)15-4-2-3-13(8-15)16(19)20/h2-8,10,17H,9H2,1H3,(H,19,20). The summed E-state index contributed by atoms with van der Waals surface area (Å²) in [7, 11) is -1.51. The Balaban J connectivity index is 2.06. The molecule has 1 unspecified atom stereocenters. The van der Waals surface area contributed by atoms with Gasteiger partial charge >= 0.3 is 5.97 Å². The molecule has 0 aliphatic carbocycles. The van der Waals surface area contributed by atoms with E-state index >= 15 is 0 Å². The summed E-state index contributed by atoms with van der Waals surface area (Å²) in [6.07, 6.45) is 0.794. The molecule has 0 heterocycles. The lowest BCUT2D eigenvalue weighted by molar-refractivity contribution is 0.0696. The molecule has 5 nitrogen and oxygen atoms in total. The van der Waals surface area contributed by atoms with E-state index < -0.39 is 17.0 Å². The second-order valence-corrected chi connectivity index (χ2v) is 6.03. The van der Waals surface area contributed by atoms with Gasteiger partial charge in [0.2, 0.25) is 0 Å². The Morgan fingerprint density at radius 2 is 2.05 bits per heavy atom. The van der Waals surface area contributed by atoms with Crippen LogP contribution in [0.2, 0.25) is 0 Å². The lowest BCUT2D eigenvalue weighted by Gasteiger charge is -2.07. The molecule has 0 aliphatic heterocycles. The summed E-state index contributed by atoms with van der Waals surface area (Å²) in [5.41, 5.74) is 2.47. The van der Waals surface area contributed by atoms with Crippen molar-refractivity contribution in [2.45, 2.75) is 18.4 Å². The van der Waals surface area contributed by atoms with Crippen molar-refractivity contribution in [2.75, 3.05) is 0 Å². The number of hydrogen-bond acceptors (Lipinski definition) is 3. The van der Waals surface area contributed by atoms with Crippen molar-refractivity contribution in [3.05, 3.63) is 64.7 Å². The Bertz CT molecular complexity index is 743. The minimum absolute atomic E-state index is 0.0961. The van der Waals surface area contributed by atoms with E-state index in [9.17, 15) is 13.8 Å². The number of aromatic carboxylic acids is 1. The van der Waals surface area contributed by atoms with Crippen LogP contribution in [0.25, 0.3) is 0 Å². The van der Waals surface area contributed by atoms with Crippen LogP contribution in [0.3, 0.4) is 0 Å². The molecule has 0 saturated carbocycles. The van der Waals surface area contributed by atoms with E-state index in [0.29, 0.717) is 17.0 Å². The number of hydrogen-bond donors (Lipinski definition) is 2.